The van der Waals surface area contributed by atoms with Gasteiger partial charge in [-0.05, 0) is 31.8 Å². The molecule has 1 aromatic heterocycles. The van der Waals surface area contributed by atoms with Crippen LogP contribution in [-0.2, 0) is 6.42 Å². The Morgan fingerprint density at radius 2 is 1.89 bits per heavy atom. The van der Waals surface area contributed by atoms with Gasteiger partial charge in [0.15, 0.2) is 0 Å². The van der Waals surface area contributed by atoms with Crippen LogP contribution < -0.4 is 10.6 Å². The molecule has 0 atom stereocenters. The lowest BCUT2D eigenvalue weighted by Gasteiger charge is -2.10. The molecule has 1 heterocycles. The molecule has 0 aliphatic rings. The normalized spacial score (nSPS) is 10.4. The first-order valence-electron chi connectivity index (χ1n) is 6.64. The fraction of sp³-hybridized carbons (Fsp3) is 0.692. The zero-order valence-corrected chi connectivity index (χ0v) is 12.4. The van der Waals surface area contributed by atoms with Crippen molar-refractivity contribution in [3.05, 3.63) is 11.9 Å². The van der Waals surface area contributed by atoms with Crippen molar-refractivity contribution in [1.29, 1.82) is 0 Å². The summed E-state index contributed by atoms with van der Waals surface area (Å²) in [7, 11) is 0. The van der Waals surface area contributed by atoms with E-state index in [-0.39, 0.29) is 0 Å². The highest BCUT2D eigenvalue weighted by atomic mass is 32.2. The molecule has 0 aromatic carbocycles. The molecular formula is C13H24N4S. The average molecular weight is 268 g/mol. The molecule has 0 amide bonds. The van der Waals surface area contributed by atoms with E-state index in [1.165, 1.54) is 5.75 Å². The predicted molar refractivity (Wildman–Crippen MR) is 81.7 cm³/mol. The molecule has 0 aliphatic heterocycles. The summed E-state index contributed by atoms with van der Waals surface area (Å²) in [4.78, 5) is 9.02. The Balaban J connectivity index is 2.63. The van der Waals surface area contributed by atoms with Gasteiger partial charge in [0.2, 0.25) is 0 Å². The van der Waals surface area contributed by atoms with Crippen molar-refractivity contribution in [1.82, 2.24) is 9.97 Å². The van der Waals surface area contributed by atoms with Crippen LogP contribution in [0.25, 0.3) is 0 Å². The van der Waals surface area contributed by atoms with Gasteiger partial charge in [-0.2, -0.15) is 11.8 Å². The van der Waals surface area contributed by atoms with Crippen LogP contribution in [0.4, 0.5) is 11.6 Å². The fourth-order valence-corrected chi connectivity index (χ4v) is 2.06. The molecule has 0 saturated carbocycles. The molecule has 0 unspecified atom stereocenters. The minimum Gasteiger partial charge on any atom is -0.370 e. The third kappa shape index (κ3) is 5.58. The van der Waals surface area contributed by atoms with E-state index in [1.807, 2.05) is 17.8 Å². The van der Waals surface area contributed by atoms with E-state index in [9.17, 15) is 0 Å². The lowest BCUT2D eigenvalue weighted by molar-refractivity contribution is 0.832. The summed E-state index contributed by atoms with van der Waals surface area (Å²) in [5, 5.41) is 6.63. The Morgan fingerprint density at radius 1 is 1.17 bits per heavy atom. The number of nitrogens with one attached hydrogen (secondary N) is 2. The van der Waals surface area contributed by atoms with Crippen LogP contribution in [0.5, 0.6) is 0 Å². The summed E-state index contributed by atoms with van der Waals surface area (Å²) < 4.78 is 0. The van der Waals surface area contributed by atoms with E-state index in [0.717, 1.165) is 49.8 Å². The molecule has 1 rings (SSSR count). The fourth-order valence-electron chi connectivity index (χ4n) is 1.63. The van der Waals surface area contributed by atoms with Crippen molar-refractivity contribution in [3.63, 3.8) is 0 Å². The quantitative estimate of drug-likeness (QED) is 0.674. The largest absolute Gasteiger partial charge is 0.370 e. The van der Waals surface area contributed by atoms with Gasteiger partial charge in [-0.15, -0.1) is 0 Å². The van der Waals surface area contributed by atoms with Crippen LogP contribution in [0.1, 0.15) is 32.5 Å². The molecule has 0 spiro atoms. The van der Waals surface area contributed by atoms with Gasteiger partial charge in [-0.25, -0.2) is 9.97 Å². The van der Waals surface area contributed by atoms with Gasteiger partial charge in [0.05, 0.1) is 0 Å². The maximum atomic E-state index is 4.53. The van der Waals surface area contributed by atoms with Crippen LogP contribution in [0.2, 0.25) is 0 Å². The molecule has 0 radical (unpaired) electrons. The van der Waals surface area contributed by atoms with E-state index in [1.54, 1.807) is 0 Å². The summed E-state index contributed by atoms with van der Waals surface area (Å²) in [6, 6.07) is 1.99. The van der Waals surface area contributed by atoms with E-state index < -0.39 is 0 Å². The first-order chi connectivity index (χ1) is 8.80. The Morgan fingerprint density at radius 3 is 2.50 bits per heavy atom. The lowest BCUT2D eigenvalue weighted by Crippen LogP contribution is -2.09. The SMILES string of the molecule is CCCc1nc(NCC)cc(NCCCSC)n1. The monoisotopic (exact) mass is 268 g/mol. The van der Waals surface area contributed by atoms with Crippen molar-refractivity contribution in [3.8, 4) is 0 Å². The Hall–Kier alpha value is -0.970. The summed E-state index contributed by atoms with van der Waals surface area (Å²) in [6.45, 7) is 6.07. The van der Waals surface area contributed by atoms with Gasteiger partial charge in [-0.3, -0.25) is 0 Å². The van der Waals surface area contributed by atoms with Gasteiger partial charge < -0.3 is 10.6 Å². The highest BCUT2D eigenvalue weighted by molar-refractivity contribution is 7.98. The maximum absolute atomic E-state index is 4.53. The molecule has 18 heavy (non-hydrogen) atoms. The molecule has 2 N–H and O–H groups in total. The van der Waals surface area contributed by atoms with Crippen molar-refractivity contribution < 1.29 is 0 Å². The molecule has 4 nitrogen and oxygen atoms in total. The number of aryl methyl sites for hydroxylation is 1. The summed E-state index contributed by atoms with van der Waals surface area (Å²) >= 11 is 1.87. The van der Waals surface area contributed by atoms with E-state index in [4.69, 9.17) is 0 Å². The zero-order chi connectivity index (χ0) is 13.2. The van der Waals surface area contributed by atoms with Crippen LogP contribution in [-0.4, -0.2) is 35.1 Å². The predicted octanol–water partition coefficient (Wildman–Crippen LogP) is 3.03. The van der Waals surface area contributed by atoms with Crippen LogP contribution >= 0.6 is 11.8 Å². The van der Waals surface area contributed by atoms with Crippen molar-refractivity contribution >= 4 is 23.4 Å². The Bertz CT molecular complexity index is 320. The third-order valence-corrected chi connectivity index (χ3v) is 3.13. The van der Waals surface area contributed by atoms with Crippen molar-refractivity contribution in [2.24, 2.45) is 0 Å². The number of aromatic nitrogens is 2. The first-order valence-corrected chi connectivity index (χ1v) is 8.04. The Kier molecular flexibility index (Phi) is 7.57. The summed E-state index contributed by atoms with van der Waals surface area (Å²) in [5.74, 6) is 3.96. The number of hydrogen-bond donors (Lipinski definition) is 2. The lowest BCUT2D eigenvalue weighted by atomic mass is 10.3. The topological polar surface area (TPSA) is 49.8 Å². The zero-order valence-electron chi connectivity index (χ0n) is 11.6. The average Bonchev–Trinajstić information content (AvgIpc) is 2.35. The second-order valence-corrected chi connectivity index (χ2v) is 5.09. The molecule has 0 aliphatic carbocycles. The van der Waals surface area contributed by atoms with Crippen molar-refractivity contribution in [2.75, 3.05) is 35.7 Å². The highest BCUT2D eigenvalue weighted by Gasteiger charge is 2.03. The van der Waals surface area contributed by atoms with Crippen LogP contribution in [0.15, 0.2) is 6.07 Å². The van der Waals surface area contributed by atoms with Crippen molar-refractivity contribution in [2.45, 2.75) is 33.1 Å². The van der Waals surface area contributed by atoms with Gasteiger partial charge in [0.25, 0.3) is 0 Å². The highest BCUT2D eigenvalue weighted by Crippen LogP contribution is 2.12. The molecule has 1 aromatic rings. The standard InChI is InChI=1S/C13H24N4S/c1-4-7-11-16-12(14-5-2)10-13(17-11)15-8-6-9-18-3/h10H,4-9H2,1-3H3,(H2,14,15,16,17). The number of thioether (sulfide) groups is 1. The van der Waals surface area contributed by atoms with E-state index in [2.05, 4.69) is 40.7 Å². The van der Waals surface area contributed by atoms with E-state index in [0.29, 0.717) is 0 Å². The minimum absolute atomic E-state index is 0.883. The second kappa shape index (κ2) is 9.03. The second-order valence-electron chi connectivity index (χ2n) is 4.11. The summed E-state index contributed by atoms with van der Waals surface area (Å²) in [5.41, 5.74) is 0. The molecular weight excluding hydrogens is 244 g/mol. The van der Waals surface area contributed by atoms with Gasteiger partial charge in [0.1, 0.15) is 17.5 Å². The van der Waals surface area contributed by atoms with Gasteiger partial charge in [0, 0.05) is 25.6 Å². The number of nitrogens with zero attached hydrogens (tertiary/aromatic N) is 2. The molecule has 102 valence electrons. The van der Waals surface area contributed by atoms with Crippen LogP contribution in [0.3, 0.4) is 0 Å². The van der Waals surface area contributed by atoms with Crippen LogP contribution in [0, 0.1) is 0 Å². The smallest absolute Gasteiger partial charge is 0.133 e. The summed E-state index contributed by atoms with van der Waals surface area (Å²) in [6.07, 6.45) is 5.29. The number of anilines is 2. The Labute approximate surface area is 114 Å². The minimum atomic E-state index is 0.883. The molecule has 5 heteroatoms. The number of rotatable bonds is 9. The molecule has 0 saturated heterocycles. The van der Waals surface area contributed by atoms with E-state index >= 15 is 0 Å². The van der Waals surface area contributed by atoms with Gasteiger partial charge >= 0.3 is 0 Å². The first kappa shape index (κ1) is 15.1. The molecule has 0 bridgehead atoms. The third-order valence-electron chi connectivity index (χ3n) is 2.44. The number of hydrogen-bond acceptors (Lipinski definition) is 5. The maximum Gasteiger partial charge on any atom is 0.133 e. The van der Waals surface area contributed by atoms with Gasteiger partial charge in [-0.1, -0.05) is 6.92 Å². The molecule has 0 fully saturated rings.